The summed E-state index contributed by atoms with van der Waals surface area (Å²) in [6.07, 6.45) is 3.58. The number of benzene rings is 2. The monoisotopic (exact) mass is 540 g/mol. The molecule has 0 unspecified atom stereocenters. The van der Waals surface area contributed by atoms with Crippen molar-refractivity contribution in [2.45, 2.75) is 44.2 Å². The minimum atomic E-state index is -2.47. The summed E-state index contributed by atoms with van der Waals surface area (Å²) in [5.74, 6) is -0.427. The van der Waals surface area contributed by atoms with Gasteiger partial charge in [-0.1, -0.05) is 23.7 Å². The predicted octanol–water partition coefficient (Wildman–Crippen LogP) is 5.84. The first kappa shape index (κ1) is 23.4. The third-order valence-corrected chi connectivity index (χ3v) is 7.51. The minimum absolute atomic E-state index is 0.00513. The number of hydrazine groups is 2. The Labute approximate surface area is 224 Å². The van der Waals surface area contributed by atoms with Crippen molar-refractivity contribution in [3.63, 3.8) is 0 Å². The van der Waals surface area contributed by atoms with E-state index in [2.05, 4.69) is 32.6 Å². The lowest BCUT2D eigenvalue weighted by molar-refractivity contribution is 0.0688. The van der Waals surface area contributed by atoms with E-state index >= 15 is 0 Å². The molecule has 3 aromatic rings. The molecule has 1 atom stereocenters. The first-order valence-electron chi connectivity index (χ1n) is 12.8. The predicted molar refractivity (Wildman–Crippen MR) is 140 cm³/mol. The van der Waals surface area contributed by atoms with E-state index in [-0.39, 0.29) is 17.1 Å². The van der Waals surface area contributed by atoms with E-state index in [0.717, 1.165) is 12.8 Å². The van der Waals surface area contributed by atoms with Gasteiger partial charge in [-0.2, -0.15) is 5.26 Å². The van der Waals surface area contributed by atoms with Gasteiger partial charge in [-0.25, -0.2) is 13.2 Å². The Morgan fingerprint density at radius 2 is 2.03 bits per heavy atom. The van der Waals surface area contributed by atoms with E-state index in [1.54, 1.807) is 12.1 Å². The van der Waals surface area contributed by atoms with E-state index in [1.807, 2.05) is 11.2 Å². The van der Waals surface area contributed by atoms with Gasteiger partial charge in [0, 0.05) is 41.5 Å². The summed E-state index contributed by atoms with van der Waals surface area (Å²) < 4.78 is 50.5. The van der Waals surface area contributed by atoms with Crippen LogP contribution in [-0.2, 0) is 0 Å². The molecule has 1 aliphatic heterocycles. The second-order valence-electron chi connectivity index (χ2n) is 9.95. The zero-order chi connectivity index (χ0) is 27.4. The van der Waals surface area contributed by atoms with Crippen LogP contribution in [0.4, 0.5) is 24.5 Å². The Balaban J connectivity index is 1.41. The van der Waals surface area contributed by atoms with Crippen molar-refractivity contribution in [1.82, 2.24) is 21.0 Å². The lowest BCUT2D eigenvalue weighted by Crippen LogP contribution is -2.38. The SMILES string of the molecule is [2H][C@](Nc1cc(Cl)c2ncc(C#N)c(NCC3(C(F)F)CC3)c2c1)(C1=CN(C2CC2)NN1)c1ccc(F)cc1. The van der Waals surface area contributed by atoms with E-state index < -0.39 is 23.7 Å². The van der Waals surface area contributed by atoms with Crippen molar-refractivity contribution in [1.29, 1.82) is 5.26 Å². The van der Waals surface area contributed by atoms with Crippen LogP contribution in [0.3, 0.4) is 0 Å². The second-order valence-corrected chi connectivity index (χ2v) is 10.4. The smallest absolute Gasteiger partial charge is 0.245 e. The van der Waals surface area contributed by atoms with Crippen LogP contribution < -0.4 is 21.6 Å². The normalized spacial score (nSPS) is 19.8. The summed E-state index contributed by atoms with van der Waals surface area (Å²) in [6.45, 7) is 0.00513. The Bertz CT molecular complexity index is 1500. The fraction of sp³-hybridized carbons (Fsp3) is 0.333. The summed E-state index contributed by atoms with van der Waals surface area (Å²) in [4.78, 5) is 4.33. The average Bonchev–Trinajstić information content (AvgIpc) is 3.86. The van der Waals surface area contributed by atoms with E-state index in [1.165, 1.54) is 30.5 Å². The lowest BCUT2D eigenvalue weighted by Gasteiger charge is -2.23. The molecule has 2 saturated carbocycles. The topological polar surface area (TPSA) is 88.0 Å². The summed E-state index contributed by atoms with van der Waals surface area (Å²) >= 11 is 6.62. The molecule has 2 aliphatic carbocycles. The molecule has 0 amide bonds. The van der Waals surface area contributed by atoms with Gasteiger partial charge >= 0.3 is 0 Å². The first-order valence-corrected chi connectivity index (χ1v) is 12.7. The number of nitrogens with zero attached hydrogens (tertiary/aromatic N) is 3. The molecule has 11 heteroatoms. The molecule has 196 valence electrons. The van der Waals surface area contributed by atoms with Crippen molar-refractivity contribution in [3.8, 4) is 6.07 Å². The summed E-state index contributed by atoms with van der Waals surface area (Å²) in [7, 11) is 0. The highest BCUT2D eigenvalue weighted by molar-refractivity contribution is 6.35. The number of alkyl halides is 2. The number of nitrogens with one attached hydrogen (secondary N) is 4. The molecule has 0 saturated heterocycles. The van der Waals surface area contributed by atoms with Crippen molar-refractivity contribution in [2.75, 3.05) is 17.2 Å². The average molecular weight is 541 g/mol. The highest BCUT2D eigenvalue weighted by Crippen LogP contribution is 2.51. The van der Waals surface area contributed by atoms with Gasteiger partial charge in [0.05, 0.1) is 34.9 Å². The van der Waals surface area contributed by atoms with E-state index in [0.29, 0.717) is 52.4 Å². The number of rotatable bonds is 9. The number of pyridine rings is 1. The van der Waals surface area contributed by atoms with Crippen LogP contribution in [-0.4, -0.2) is 29.0 Å². The molecule has 4 N–H and O–H groups in total. The van der Waals surface area contributed by atoms with Gasteiger partial charge < -0.3 is 16.1 Å². The molecule has 2 aromatic carbocycles. The molecular formula is C27H25ClF3N7. The number of aromatic nitrogens is 1. The molecular weight excluding hydrogens is 515 g/mol. The molecule has 7 nitrogen and oxygen atoms in total. The van der Waals surface area contributed by atoms with Crippen LogP contribution in [0.25, 0.3) is 10.9 Å². The highest BCUT2D eigenvalue weighted by atomic mass is 35.5. The van der Waals surface area contributed by atoms with Crippen LogP contribution in [0, 0.1) is 22.6 Å². The van der Waals surface area contributed by atoms with E-state index in [4.69, 9.17) is 11.6 Å². The maximum Gasteiger partial charge on any atom is 0.245 e. The standard InChI is InChI=1S/C27H25ClF3N7/c28-21-10-18(9-20-23(16(11-32)12-33-25(20)21)34-14-27(7-8-27)26(30)31)35-24(15-1-3-17(29)4-2-15)22-13-38(37-36-22)19-5-6-19/h1-4,9-10,12-13,19,24,26,35-37H,5-8,14H2,(H,33,34)/t24-/m1/s1/i24D. The Kier molecular flexibility index (Phi) is 5.90. The van der Waals surface area contributed by atoms with Gasteiger partial charge in [0.25, 0.3) is 0 Å². The molecule has 0 spiro atoms. The third-order valence-electron chi connectivity index (χ3n) is 7.22. The number of hydrogen-bond acceptors (Lipinski definition) is 7. The number of fused-ring (bicyclic) bond motifs is 1. The molecule has 6 rings (SSSR count). The summed E-state index contributed by atoms with van der Waals surface area (Å²) in [6, 6.07) is 9.75. The van der Waals surface area contributed by atoms with Gasteiger partial charge in [0.15, 0.2) is 0 Å². The fourth-order valence-electron chi connectivity index (χ4n) is 4.56. The van der Waals surface area contributed by atoms with Crippen molar-refractivity contribution in [2.24, 2.45) is 5.41 Å². The molecule has 2 fully saturated rings. The van der Waals surface area contributed by atoms with Crippen LogP contribution in [0.1, 0.15) is 44.2 Å². The van der Waals surface area contributed by atoms with Gasteiger partial charge in [-0.15, -0.1) is 5.53 Å². The Morgan fingerprint density at radius 1 is 1.26 bits per heavy atom. The second kappa shape index (κ2) is 9.57. The van der Waals surface area contributed by atoms with Crippen molar-refractivity contribution < 1.29 is 14.5 Å². The van der Waals surface area contributed by atoms with Crippen LogP contribution in [0.5, 0.6) is 0 Å². The Morgan fingerprint density at radius 3 is 2.68 bits per heavy atom. The number of halogens is 4. The third kappa shape index (κ3) is 4.68. The van der Waals surface area contributed by atoms with E-state index in [9.17, 15) is 19.8 Å². The fourth-order valence-corrected chi connectivity index (χ4v) is 4.83. The van der Waals surface area contributed by atoms with Crippen LogP contribution in [0.15, 0.2) is 54.5 Å². The maximum atomic E-state index is 13.8. The highest BCUT2D eigenvalue weighted by Gasteiger charge is 2.50. The molecule has 1 aromatic heterocycles. The molecule has 0 radical (unpaired) electrons. The van der Waals surface area contributed by atoms with Crippen LogP contribution >= 0.6 is 11.6 Å². The van der Waals surface area contributed by atoms with Crippen molar-refractivity contribution in [3.05, 3.63) is 76.5 Å². The maximum absolute atomic E-state index is 13.8. The summed E-state index contributed by atoms with van der Waals surface area (Å²) in [5.41, 5.74) is 7.33. The minimum Gasteiger partial charge on any atom is -0.383 e. The zero-order valence-electron chi connectivity index (χ0n) is 21.2. The zero-order valence-corrected chi connectivity index (χ0v) is 20.9. The molecule has 0 bridgehead atoms. The van der Waals surface area contributed by atoms with Gasteiger partial charge in [0.1, 0.15) is 11.9 Å². The quantitative estimate of drug-likeness (QED) is 0.271. The van der Waals surface area contributed by atoms with Crippen LogP contribution in [0.2, 0.25) is 5.02 Å². The van der Waals surface area contributed by atoms with Gasteiger partial charge in [-0.05, 0) is 55.5 Å². The largest absolute Gasteiger partial charge is 0.383 e. The summed E-state index contributed by atoms with van der Waals surface area (Å²) in [5, 5.41) is 18.6. The first-order chi connectivity index (χ1) is 18.7. The Hall–Kier alpha value is -3.68. The molecule has 2 heterocycles. The molecule has 3 aliphatic rings. The van der Waals surface area contributed by atoms with Crippen molar-refractivity contribution >= 4 is 33.9 Å². The number of anilines is 2. The van der Waals surface area contributed by atoms with Gasteiger partial charge in [0.2, 0.25) is 6.43 Å². The number of nitriles is 1. The molecule has 38 heavy (non-hydrogen) atoms. The number of hydrogen-bond donors (Lipinski definition) is 4. The lowest BCUT2D eigenvalue weighted by atomic mass is 10.0. The van der Waals surface area contributed by atoms with Gasteiger partial charge in [-0.3, -0.25) is 9.99 Å².